The van der Waals surface area contributed by atoms with E-state index in [-0.39, 0.29) is 24.0 Å². The Bertz CT molecular complexity index is 708. The van der Waals surface area contributed by atoms with E-state index in [2.05, 4.69) is 42.6 Å². The summed E-state index contributed by atoms with van der Waals surface area (Å²) in [5.41, 5.74) is 2.09. The van der Waals surface area contributed by atoms with Gasteiger partial charge in [0, 0.05) is 51.2 Å². The summed E-state index contributed by atoms with van der Waals surface area (Å²) >= 11 is 1.72. The summed E-state index contributed by atoms with van der Waals surface area (Å²) in [6.07, 6.45) is 0.992. The molecule has 144 valence electrons. The third-order valence-electron chi connectivity index (χ3n) is 4.28. The number of aliphatic imine (C=N–C) groups is 1. The van der Waals surface area contributed by atoms with Gasteiger partial charge in [-0.2, -0.15) is 0 Å². The Labute approximate surface area is 175 Å². The second kappa shape index (κ2) is 10.2. The zero-order valence-electron chi connectivity index (χ0n) is 15.6. The third kappa shape index (κ3) is 5.65. The van der Waals surface area contributed by atoms with Gasteiger partial charge in [-0.05, 0) is 13.3 Å². The van der Waals surface area contributed by atoms with Crippen molar-refractivity contribution < 1.29 is 4.52 Å². The molecule has 1 N–H and O–H groups in total. The minimum absolute atomic E-state index is 0. The maximum atomic E-state index is 5.15. The van der Waals surface area contributed by atoms with E-state index in [1.807, 2.05) is 20.0 Å². The van der Waals surface area contributed by atoms with Gasteiger partial charge in [0.15, 0.2) is 5.96 Å². The molecule has 1 saturated heterocycles. The van der Waals surface area contributed by atoms with E-state index in [1.54, 1.807) is 11.3 Å². The van der Waals surface area contributed by atoms with Crippen LogP contribution in [0.5, 0.6) is 0 Å². The summed E-state index contributed by atoms with van der Waals surface area (Å²) in [6, 6.07) is 2.01. The molecule has 0 aromatic carbocycles. The van der Waals surface area contributed by atoms with Crippen LogP contribution in [-0.2, 0) is 19.5 Å². The van der Waals surface area contributed by atoms with E-state index in [0.29, 0.717) is 0 Å². The number of nitrogens with zero attached hydrogens (tertiary/aromatic N) is 5. The highest BCUT2D eigenvalue weighted by molar-refractivity contribution is 14.0. The molecule has 0 aliphatic carbocycles. The number of piperazine rings is 1. The van der Waals surface area contributed by atoms with Crippen molar-refractivity contribution in [1.82, 2.24) is 25.3 Å². The van der Waals surface area contributed by atoms with Gasteiger partial charge in [-0.25, -0.2) is 4.98 Å². The third-order valence-corrected chi connectivity index (χ3v) is 5.32. The van der Waals surface area contributed by atoms with Crippen LogP contribution in [0.15, 0.2) is 21.0 Å². The van der Waals surface area contributed by atoms with Gasteiger partial charge >= 0.3 is 0 Å². The van der Waals surface area contributed by atoms with E-state index in [4.69, 9.17) is 4.52 Å². The standard InChI is InChI=1S/C17H26N6OS.HI/c1-4-16-20-15(12-25-16)10-19-17(18-3)23-7-5-22(6-8-23)11-14-9-13(2)24-21-14;/h9,12H,4-8,10-11H2,1-3H3,(H,18,19);1H. The van der Waals surface area contributed by atoms with E-state index < -0.39 is 0 Å². The second-order valence-electron chi connectivity index (χ2n) is 6.18. The number of thiazole rings is 1. The van der Waals surface area contributed by atoms with E-state index in [0.717, 1.165) is 68.8 Å². The largest absolute Gasteiger partial charge is 0.361 e. The molecule has 0 atom stereocenters. The number of aromatic nitrogens is 2. The number of hydrogen-bond donors (Lipinski definition) is 1. The molecule has 0 amide bonds. The maximum absolute atomic E-state index is 5.15. The van der Waals surface area contributed by atoms with Crippen LogP contribution in [0.3, 0.4) is 0 Å². The number of aryl methyl sites for hydroxylation is 2. The Kier molecular flexibility index (Phi) is 8.29. The molecule has 0 spiro atoms. The van der Waals surface area contributed by atoms with Crippen LogP contribution in [0.1, 0.15) is 29.1 Å². The highest BCUT2D eigenvalue weighted by Gasteiger charge is 2.20. The maximum Gasteiger partial charge on any atom is 0.194 e. The van der Waals surface area contributed by atoms with Crippen molar-refractivity contribution in [1.29, 1.82) is 0 Å². The van der Waals surface area contributed by atoms with Crippen molar-refractivity contribution >= 4 is 41.3 Å². The molecule has 9 heteroatoms. The van der Waals surface area contributed by atoms with Crippen molar-refractivity contribution in [2.24, 2.45) is 4.99 Å². The summed E-state index contributed by atoms with van der Waals surface area (Å²) in [5, 5.41) is 10.8. The first-order chi connectivity index (χ1) is 12.2. The molecule has 0 bridgehead atoms. The zero-order chi connectivity index (χ0) is 17.6. The van der Waals surface area contributed by atoms with Crippen LogP contribution < -0.4 is 5.32 Å². The summed E-state index contributed by atoms with van der Waals surface area (Å²) in [6.45, 7) is 9.51. The summed E-state index contributed by atoms with van der Waals surface area (Å²) in [7, 11) is 1.84. The molecule has 26 heavy (non-hydrogen) atoms. The average molecular weight is 490 g/mol. The summed E-state index contributed by atoms with van der Waals surface area (Å²) < 4.78 is 5.15. The topological polar surface area (TPSA) is 69.8 Å². The fourth-order valence-corrected chi connectivity index (χ4v) is 3.68. The van der Waals surface area contributed by atoms with E-state index in [9.17, 15) is 0 Å². The minimum Gasteiger partial charge on any atom is -0.361 e. The van der Waals surface area contributed by atoms with Gasteiger partial charge in [0.05, 0.1) is 22.9 Å². The Hall–Kier alpha value is -1.20. The number of hydrogen-bond acceptors (Lipinski definition) is 6. The SMILES string of the molecule is CCc1nc(CNC(=NC)N2CCN(Cc3cc(C)on3)CC2)cs1.I. The minimum atomic E-state index is 0. The molecular weight excluding hydrogens is 463 g/mol. The Morgan fingerprint density at radius 1 is 1.31 bits per heavy atom. The highest BCUT2D eigenvalue weighted by Crippen LogP contribution is 2.11. The first kappa shape index (κ1) is 21.1. The first-order valence-electron chi connectivity index (χ1n) is 8.71. The van der Waals surface area contributed by atoms with Crippen LogP contribution in [0.25, 0.3) is 0 Å². The van der Waals surface area contributed by atoms with Crippen molar-refractivity contribution in [3.63, 3.8) is 0 Å². The van der Waals surface area contributed by atoms with Gasteiger partial charge in [0.1, 0.15) is 5.76 Å². The van der Waals surface area contributed by atoms with Crippen LogP contribution in [0, 0.1) is 6.92 Å². The molecule has 2 aromatic rings. The molecule has 1 aliphatic rings. The fraction of sp³-hybridized carbons (Fsp3) is 0.588. The normalized spacial score (nSPS) is 15.8. The predicted octanol–water partition coefficient (Wildman–Crippen LogP) is 2.51. The van der Waals surface area contributed by atoms with Gasteiger partial charge in [-0.15, -0.1) is 35.3 Å². The molecule has 2 aromatic heterocycles. The molecule has 0 unspecified atom stereocenters. The lowest BCUT2D eigenvalue weighted by atomic mass is 10.3. The van der Waals surface area contributed by atoms with Crippen molar-refractivity contribution in [3.05, 3.63) is 33.6 Å². The van der Waals surface area contributed by atoms with Crippen LogP contribution in [-0.4, -0.2) is 59.1 Å². The fourth-order valence-electron chi connectivity index (χ4n) is 2.93. The Morgan fingerprint density at radius 3 is 2.65 bits per heavy atom. The highest BCUT2D eigenvalue weighted by atomic mass is 127. The van der Waals surface area contributed by atoms with Gasteiger partial charge in [-0.3, -0.25) is 9.89 Å². The average Bonchev–Trinajstić information content (AvgIpc) is 3.25. The zero-order valence-corrected chi connectivity index (χ0v) is 18.7. The molecule has 1 aliphatic heterocycles. The molecule has 1 fully saturated rings. The van der Waals surface area contributed by atoms with Crippen molar-refractivity contribution in [2.75, 3.05) is 33.2 Å². The molecule has 3 heterocycles. The van der Waals surface area contributed by atoms with Crippen molar-refractivity contribution in [3.8, 4) is 0 Å². The number of nitrogens with one attached hydrogen (secondary N) is 1. The molecule has 7 nitrogen and oxygen atoms in total. The monoisotopic (exact) mass is 490 g/mol. The van der Waals surface area contributed by atoms with Crippen LogP contribution >= 0.6 is 35.3 Å². The lowest BCUT2D eigenvalue weighted by Crippen LogP contribution is -2.52. The van der Waals surface area contributed by atoms with Crippen LogP contribution in [0.4, 0.5) is 0 Å². The number of halogens is 1. The lowest BCUT2D eigenvalue weighted by Gasteiger charge is -2.36. The van der Waals surface area contributed by atoms with Gasteiger partial charge in [-0.1, -0.05) is 12.1 Å². The number of rotatable bonds is 5. The quantitative estimate of drug-likeness (QED) is 0.395. The first-order valence-corrected chi connectivity index (χ1v) is 9.59. The second-order valence-corrected chi connectivity index (χ2v) is 7.12. The molecule has 0 radical (unpaired) electrons. The Balaban J connectivity index is 0.00000243. The van der Waals surface area contributed by atoms with Crippen molar-refractivity contribution in [2.45, 2.75) is 33.4 Å². The van der Waals surface area contributed by atoms with Gasteiger partial charge in [0.2, 0.25) is 0 Å². The van der Waals surface area contributed by atoms with E-state index in [1.165, 1.54) is 5.01 Å². The predicted molar refractivity (Wildman–Crippen MR) is 115 cm³/mol. The smallest absolute Gasteiger partial charge is 0.194 e. The Morgan fingerprint density at radius 2 is 2.08 bits per heavy atom. The lowest BCUT2D eigenvalue weighted by molar-refractivity contribution is 0.169. The number of guanidine groups is 1. The summed E-state index contributed by atoms with van der Waals surface area (Å²) in [4.78, 5) is 13.7. The van der Waals surface area contributed by atoms with Gasteiger partial charge < -0.3 is 14.7 Å². The van der Waals surface area contributed by atoms with E-state index >= 15 is 0 Å². The molecular formula is C17H27IN6OS. The molecule has 0 saturated carbocycles. The molecule has 3 rings (SSSR count). The summed E-state index contributed by atoms with van der Waals surface area (Å²) in [5.74, 6) is 1.81. The van der Waals surface area contributed by atoms with Gasteiger partial charge in [0.25, 0.3) is 0 Å². The van der Waals surface area contributed by atoms with Crippen LogP contribution in [0.2, 0.25) is 0 Å².